The molecule has 1 saturated heterocycles. The molecule has 2 N–H and O–H groups in total. The summed E-state index contributed by atoms with van der Waals surface area (Å²) in [6.07, 6.45) is 2.46. The van der Waals surface area contributed by atoms with E-state index in [0.29, 0.717) is 31.3 Å². The molecule has 1 amide bonds. The van der Waals surface area contributed by atoms with Crippen LogP contribution in [0.25, 0.3) is 0 Å². The number of amides is 1. The highest BCUT2D eigenvalue weighted by Crippen LogP contribution is 2.42. The number of piperidine rings is 1. The van der Waals surface area contributed by atoms with Crippen LogP contribution in [-0.2, 0) is 28.1 Å². The maximum absolute atomic E-state index is 13.1. The van der Waals surface area contributed by atoms with Gasteiger partial charge in [0.15, 0.2) is 0 Å². The van der Waals surface area contributed by atoms with Gasteiger partial charge in [0, 0.05) is 13.1 Å². The number of ether oxygens (including phenoxy) is 2. The summed E-state index contributed by atoms with van der Waals surface area (Å²) < 4.78 is 13.4. The molecule has 3 heterocycles. The lowest BCUT2D eigenvalue weighted by atomic mass is 9.79. The lowest BCUT2D eigenvalue weighted by molar-refractivity contribution is -0.141. The molecule has 1 spiro atoms. The Morgan fingerprint density at radius 2 is 2.03 bits per heavy atom. The van der Waals surface area contributed by atoms with Crippen LogP contribution < -0.4 is 10.5 Å². The molecule has 1 aromatic heterocycles. The molecule has 8 nitrogen and oxygen atoms in total. The predicted molar refractivity (Wildman–Crippen MR) is 124 cm³/mol. The van der Waals surface area contributed by atoms with Gasteiger partial charge in [-0.15, -0.1) is 12.4 Å². The smallest absolute Gasteiger partial charge is 0.244 e. The van der Waals surface area contributed by atoms with Gasteiger partial charge in [-0.3, -0.25) is 4.79 Å². The standard InChI is InChI=1S/C23H33N5O3.ClH/c1-15(2)21(24)22-25-16(3)26-28(22)14-20(29)27-10-8-23(9-11-27)19-6-5-18(30-4)13-17(19)7-12-31-23;/h5-6,13,15,21H,7-12,14,24H2,1-4H3;1H/t21-;/m0./s1. The first kappa shape index (κ1) is 24.5. The predicted octanol–water partition coefficient (Wildman–Crippen LogP) is 2.76. The number of carbonyl (C=O) groups is 1. The van der Waals surface area contributed by atoms with Gasteiger partial charge in [-0.25, -0.2) is 9.67 Å². The number of methoxy groups -OCH3 is 1. The molecule has 2 aliphatic rings. The van der Waals surface area contributed by atoms with E-state index in [-0.39, 0.29) is 42.4 Å². The van der Waals surface area contributed by atoms with Crippen molar-refractivity contribution in [1.29, 1.82) is 0 Å². The molecule has 1 atom stereocenters. The number of carbonyl (C=O) groups excluding carboxylic acids is 1. The van der Waals surface area contributed by atoms with E-state index < -0.39 is 0 Å². The molecule has 1 fully saturated rings. The molecule has 0 saturated carbocycles. The van der Waals surface area contributed by atoms with E-state index in [1.807, 2.05) is 31.7 Å². The molecule has 2 aliphatic heterocycles. The number of halogens is 1. The fourth-order valence-electron chi connectivity index (χ4n) is 4.67. The molecule has 32 heavy (non-hydrogen) atoms. The Kier molecular flexibility index (Phi) is 7.47. The van der Waals surface area contributed by atoms with Crippen molar-refractivity contribution >= 4 is 18.3 Å². The Hall–Kier alpha value is -2.16. The second-order valence-corrected chi connectivity index (χ2v) is 8.94. The molecular formula is C23H34ClN5O3. The molecular weight excluding hydrogens is 430 g/mol. The van der Waals surface area contributed by atoms with Gasteiger partial charge in [0.05, 0.1) is 25.4 Å². The quantitative estimate of drug-likeness (QED) is 0.732. The fraction of sp³-hybridized carbons (Fsp3) is 0.609. The summed E-state index contributed by atoms with van der Waals surface area (Å²) in [6, 6.07) is 5.99. The minimum absolute atomic E-state index is 0. The lowest BCUT2D eigenvalue weighted by Crippen LogP contribution is -2.49. The average Bonchev–Trinajstić information content (AvgIpc) is 3.13. The molecule has 0 bridgehead atoms. The number of hydrogen-bond donors (Lipinski definition) is 1. The van der Waals surface area contributed by atoms with Gasteiger partial charge in [0.1, 0.15) is 23.9 Å². The van der Waals surface area contributed by atoms with E-state index in [1.54, 1.807) is 11.8 Å². The van der Waals surface area contributed by atoms with E-state index >= 15 is 0 Å². The molecule has 0 unspecified atom stereocenters. The number of rotatable bonds is 5. The van der Waals surface area contributed by atoms with Crippen LogP contribution in [0.3, 0.4) is 0 Å². The van der Waals surface area contributed by atoms with Crippen molar-refractivity contribution in [3.8, 4) is 5.75 Å². The summed E-state index contributed by atoms with van der Waals surface area (Å²) in [4.78, 5) is 19.4. The third kappa shape index (κ3) is 4.63. The SMILES string of the molecule is COc1ccc2c(c1)CCOC21CCN(C(=O)Cn2nc(C)nc2[C@@H](N)C(C)C)CC1.Cl. The molecule has 2 aromatic rings. The van der Waals surface area contributed by atoms with Gasteiger partial charge in [-0.2, -0.15) is 5.10 Å². The van der Waals surface area contributed by atoms with Crippen LogP contribution in [0.4, 0.5) is 0 Å². The first-order chi connectivity index (χ1) is 14.8. The van der Waals surface area contributed by atoms with E-state index in [2.05, 4.69) is 22.2 Å². The first-order valence-corrected chi connectivity index (χ1v) is 11.1. The summed E-state index contributed by atoms with van der Waals surface area (Å²) >= 11 is 0. The summed E-state index contributed by atoms with van der Waals surface area (Å²) in [5.74, 6) is 2.45. The number of nitrogens with two attached hydrogens (primary N) is 1. The van der Waals surface area contributed by atoms with Crippen LogP contribution in [0.15, 0.2) is 18.2 Å². The van der Waals surface area contributed by atoms with Crippen LogP contribution in [0.1, 0.15) is 55.5 Å². The van der Waals surface area contributed by atoms with E-state index in [9.17, 15) is 4.79 Å². The van der Waals surface area contributed by atoms with Crippen molar-refractivity contribution in [2.45, 2.75) is 58.2 Å². The number of aryl methyl sites for hydroxylation is 1. The highest BCUT2D eigenvalue weighted by atomic mass is 35.5. The van der Waals surface area contributed by atoms with Crippen molar-refractivity contribution in [3.05, 3.63) is 41.0 Å². The van der Waals surface area contributed by atoms with Gasteiger partial charge in [0.2, 0.25) is 5.91 Å². The van der Waals surface area contributed by atoms with E-state index in [1.165, 1.54) is 11.1 Å². The number of likely N-dealkylation sites (tertiary alicyclic amines) is 1. The van der Waals surface area contributed by atoms with Crippen molar-refractivity contribution in [2.24, 2.45) is 11.7 Å². The van der Waals surface area contributed by atoms with Crippen LogP contribution in [0.5, 0.6) is 5.75 Å². The number of aromatic nitrogens is 3. The minimum Gasteiger partial charge on any atom is -0.497 e. The number of benzene rings is 1. The summed E-state index contributed by atoms with van der Waals surface area (Å²) in [6.45, 7) is 8.09. The average molecular weight is 464 g/mol. The number of fused-ring (bicyclic) bond motifs is 2. The van der Waals surface area contributed by atoms with Crippen LogP contribution in [-0.4, -0.2) is 52.4 Å². The summed E-state index contributed by atoms with van der Waals surface area (Å²) in [5, 5.41) is 4.42. The highest BCUT2D eigenvalue weighted by Gasteiger charge is 2.41. The molecule has 9 heteroatoms. The topological polar surface area (TPSA) is 95.5 Å². The van der Waals surface area contributed by atoms with Gasteiger partial charge in [-0.05, 0) is 55.4 Å². The third-order valence-electron chi connectivity index (χ3n) is 6.58. The molecule has 4 rings (SSSR count). The zero-order chi connectivity index (χ0) is 22.2. The van der Waals surface area contributed by atoms with Crippen molar-refractivity contribution in [1.82, 2.24) is 19.7 Å². The monoisotopic (exact) mass is 463 g/mol. The van der Waals surface area contributed by atoms with Crippen LogP contribution >= 0.6 is 12.4 Å². The number of hydrogen-bond acceptors (Lipinski definition) is 6. The van der Waals surface area contributed by atoms with Crippen molar-refractivity contribution in [2.75, 3.05) is 26.8 Å². The Labute approximate surface area is 195 Å². The summed E-state index contributed by atoms with van der Waals surface area (Å²) in [5.41, 5.74) is 8.51. The van der Waals surface area contributed by atoms with Gasteiger partial charge in [0.25, 0.3) is 0 Å². The Morgan fingerprint density at radius 3 is 2.69 bits per heavy atom. The van der Waals surface area contributed by atoms with Gasteiger partial charge < -0.3 is 20.1 Å². The largest absolute Gasteiger partial charge is 0.497 e. The number of nitrogens with zero attached hydrogens (tertiary/aromatic N) is 4. The van der Waals surface area contributed by atoms with Crippen LogP contribution in [0.2, 0.25) is 0 Å². The maximum atomic E-state index is 13.1. The van der Waals surface area contributed by atoms with E-state index in [0.717, 1.165) is 25.0 Å². The Morgan fingerprint density at radius 1 is 1.31 bits per heavy atom. The zero-order valence-electron chi connectivity index (χ0n) is 19.3. The zero-order valence-corrected chi connectivity index (χ0v) is 20.2. The Balaban J connectivity index is 0.00000289. The highest BCUT2D eigenvalue weighted by molar-refractivity contribution is 5.85. The van der Waals surface area contributed by atoms with Gasteiger partial charge in [-0.1, -0.05) is 19.9 Å². The summed E-state index contributed by atoms with van der Waals surface area (Å²) in [7, 11) is 1.69. The molecule has 0 aliphatic carbocycles. The first-order valence-electron chi connectivity index (χ1n) is 11.1. The minimum atomic E-state index is -0.314. The Bertz CT molecular complexity index is 953. The third-order valence-corrected chi connectivity index (χ3v) is 6.58. The molecule has 1 aromatic carbocycles. The second-order valence-electron chi connectivity index (χ2n) is 8.94. The molecule has 176 valence electrons. The van der Waals surface area contributed by atoms with Gasteiger partial charge >= 0.3 is 0 Å². The molecule has 0 radical (unpaired) electrons. The fourth-order valence-corrected chi connectivity index (χ4v) is 4.67. The second kappa shape index (κ2) is 9.77. The van der Waals surface area contributed by atoms with Crippen molar-refractivity contribution < 1.29 is 14.3 Å². The van der Waals surface area contributed by atoms with E-state index in [4.69, 9.17) is 15.2 Å². The normalized spacial score (nSPS) is 18.2. The van der Waals surface area contributed by atoms with Crippen LogP contribution in [0, 0.1) is 12.8 Å². The maximum Gasteiger partial charge on any atom is 0.244 e. The lowest BCUT2D eigenvalue weighted by Gasteiger charge is -2.45. The van der Waals surface area contributed by atoms with Crippen molar-refractivity contribution in [3.63, 3.8) is 0 Å².